The number of aromatic nitrogens is 4. The Kier molecular flexibility index (Phi) is 4.22. The van der Waals surface area contributed by atoms with Crippen molar-refractivity contribution in [1.82, 2.24) is 19.8 Å². The molecule has 2 aromatic carbocycles. The van der Waals surface area contributed by atoms with Gasteiger partial charge >= 0.3 is 5.63 Å². The molecule has 3 heterocycles. The minimum Gasteiger partial charge on any atom is -0.436 e. The Morgan fingerprint density at radius 1 is 1.10 bits per heavy atom. The number of ether oxygens (including phenoxy) is 1. The number of halogens is 2. The molecule has 0 spiro atoms. The lowest BCUT2D eigenvalue weighted by Gasteiger charge is -2.09. The zero-order valence-corrected chi connectivity index (χ0v) is 16.2. The van der Waals surface area contributed by atoms with Gasteiger partial charge in [0.15, 0.2) is 17.2 Å². The van der Waals surface area contributed by atoms with Gasteiger partial charge in [-0.05, 0) is 36.8 Å². The number of rotatable bonds is 3. The normalized spacial score (nSPS) is 11.3. The van der Waals surface area contributed by atoms with Gasteiger partial charge in [0.1, 0.15) is 11.4 Å². The third kappa shape index (κ3) is 3.17. The summed E-state index contributed by atoms with van der Waals surface area (Å²) >= 11 is 6.36. The van der Waals surface area contributed by atoms with E-state index in [0.29, 0.717) is 33.0 Å². The second kappa shape index (κ2) is 6.93. The second-order valence-electron chi connectivity index (χ2n) is 6.60. The summed E-state index contributed by atoms with van der Waals surface area (Å²) in [7, 11) is 0. The van der Waals surface area contributed by atoms with E-state index in [9.17, 15) is 9.18 Å². The predicted octanol–water partition coefficient (Wildman–Crippen LogP) is 4.79. The van der Waals surface area contributed by atoms with Crippen molar-refractivity contribution < 1.29 is 13.5 Å². The molecular formula is C21H12ClFN4O3. The summed E-state index contributed by atoms with van der Waals surface area (Å²) in [5.74, 6) is 0.443. The van der Waals surface area contributed by atoms with Crippen molar-refractivity contribution in [3.05, 3.63) is 81.4 Å². The molecule has 0 saturated carbocycles. The van der Waals surface area contributed by atoms with Crippen LogP contribution in [0.4, 0.5) is 4.39 Å². The topological polar surface area (TPSA) is 82.5 Å². The van der Waals surface area contributed by atoms with E-state index in [-0.39, 0.29) is 11.6 Å². The van der Waals surface area contributed by atoms with Crippen molar-refractivity contribution in [3.63, 3.8) is 0 Å². The number of hydrogen-bond donors (Lipinski definition) is 0. The number of benzene rings is 2. The van der Waals surface area contributed by atoms with Crippen LogP contribution in [0.1, 0.15) is 5.56 Å². The summed E-state index contributed by atoms with van der Waals surface area (Å²) in [5, 5.41) is 13.6. The van der Waals surface area contributed by atoms with Crippen molar-refractivity contribution in [1.29, 1.82) is 0 Å². The van der Waals surface area contributed by atoms with Gasteiger partial charge in [-0.1, -0.05) is 23.7 Å². The average Bonchev–Trinajstić information content (AvgIpc) is 3.12. The van der Waals surface area contributed by atoms with Crippen LogP contribution < -0.4 is 10.4 Å². The Morgan fingerprint density at radius 3 is 2.80 bits per heavy atom. The third-order valence-corrected chi connectivity index (χ3v) is 4.83. The van der Waals surface area contributed by atoms with Crippen LogP contribution >= 0.6 is 11.6 Å². The lowest BCUT2D eigenvalue weighted by molar-refractivity contribution is 0.451. The van der Waals surface area contributed by atoms with E-state index in [1.165, 1.54) is 28.8 Å². The molecule has 5 aromatic rings. The molecule has 9 heteroatoms. The molecule has 0 fully saturated rings. The minimum absolute atomic E-state index is 0.205. The molecular weight excluding hydrogens is 411 g/mol. The van der Waals surface area contributed by atoms with Crippen molar-refractivity contribution in [2.45, 2.75) is 6.92 Å². The van der Waals surface area contributed by atoms with E-state index in [0.717, 1.165) is 5.56 Å². The molecule has 0 N–H and O–H groups in total. The van der Waals surface area contributed by atoms with Gasteiger partial charge in [-0.25, -0.2) is 9.18 Å². The molecule has 5 rings (SSSR count). The summed E-state index contributed by atoms with van der Waals surface area (Å²) in [6.07, 6.45) is 0. The highest BCUT2D eigenvalue weighted by molar-refractivity contribution is 6.32. The summed E-state index contributed by atoms with van der Waals surface area (Å²) in [5.41, 5.74) is 1.63. The molecule has 30 heavy (non-hydrogen) atoms. The van der Waals surface area contributed by atoms with Crippen molar-refractivity contribution >= 4 is 28.2 Å². The molecule has 0 unspecified atom stereocenters. The van der Waals surface area contributed by atoms with Gasteiger partial charge in [-0.2, -0.15) is 4.52 Å². The van der Waals surface area contributed by atoms with E-state index < -0.39 is 11.4 Å². The van der Waals surface area contributed by atoms with Gasteiger partial charge in [0.2, 0.25) is 5.88 Å². The Balaban J connectivity index is 1.58. The molecule has 0 aliphatic heterocycles. The van der Waals surface area contributed by atoms with Gasteiger partial charge in [-0.3, -0.25) is 0 Å². The molecule has 0 bridgehead atoms. The number of fused-ring (bicyclic) bond motifs is 2. The van der Waals surface area contributed by atoms with Gasteiger partial charge < -0.3 is 9.15 Å². The first-order valence-corrected chi connectivity index (χ1v) is 9.26. The van der Waals surface area contributed by atoms with Crippen LogP contribution in [0.5, 0.6) is 11.6 Å². The standard InChI is InChI=1S/C21H12ClFN4O3/c1-11-7-20(28)30-16-10-17(15(22)9-14(11)16)29-19-6-5-18-24-25-21(27(18)26-19)12-3-2-4-13(23)8-12/h2-10H,1H3. The number of aryl methyl sites for hydroxylation is 1. The summed E-state index contributed by atoms with van der Waals surface area (Å²) in [4.78, 5) is 11.7. The Labute approximate surface area is 173 Å². The first-order valence-electron chi connectivity index (χ1n) is 8.88. The maximum absolute atomic E-state index is 13.6. The Hall–Kier alpha value is -3.78. The van der Waals surface area contributed by atoms with Gasteiger partial charge in [0, 0.05) is 29.1 Å². The van der Waals surface area contributed by atoms with Crippen molar-refractivity contribution in [2.24, 2.45) is 0 Å². The van der Waals surface area contributed by atoms with Crippen LogP contribution in [0, 0.1) is 12.7 Å². The van der Waals surface area contributed by atoms with E-state index in [4.69, 9.17) is 20.8 Å². The molecule has 0 atom stereocenters. The predicted molar refractivity (Wildman–Crippen MR) is 108 cm³/mol. The van der Waals surface area contributed by atoms with Crippen molar-refractivity contribution in [2.75, 3.05) is 0 Å². The fourth-order valence-electron chi connectivity index (χ4n) is 3.14. The monoisotopic (exact) mass is 422 g/mol. The number of hydrogen-bond acceptors (Lipinski definition) is 6. The highest BCUT2D eigenvalue weighted by Crippen LogP contribution is 2.33. The summed E-state index contributed by atoms with van der Waals surface area (Å²) in [6.45, 7) is 1.80. The quantitative estimate of drug-likeness (QED) is 0.389. The Morgan fingerprint density at radius 2 is 1.97 bits per heavy atom. The van der Waals surface area contributed by atoms with Crippen LogP contribution in [0.25, 0.3) is 28.0 Å². The maximum atomic E-state index is 13.6. The molecule has 0 aliphatic rings. The summed E-state index contributed by atoms with van der Waals surface area (Å²) in [6, 6.07) is 13.8. The van der Waals surface area contributed by atoms with E-state index in [1.807, 2.05) is 0 Å². The largest absolute Gasteiger partial charge is 0.436 e. The molecule has 0 amide bonds. The minimum atomic E-state index is -0.461. The molecule has 0 saturated heterocycles. The number of nitrogens with zero attached hydrogens (tertiary/aromatic N) is 4. The maximum Gasteiger partial charge on any atom is 0.336 e. The first kappa shape index (κ1) is 18.3. The zero-order chi connectivity index (χ0) is 20.8. The van der Waals surface area contributed by atoms with Crippen LogP contribution in [0.2, 0.25) is 5.02 Å². The van der Waals surface area contributed by atoms with Crippen LogP contribution in [-0.2, 0) is 0 Å². The fourth-order valence-corrected chi connectivity index (χ4v) is 3.35. The van der Waals surface area contributed by atoms with E-state index in [1.54, 1.807) is 37.3 Å². The van der Waals surface area contributed by atoms with Crippen LogP contribution in [0.3, 0.4) is 0 Å². The lowest BCUT2D eigenvalue weighted by atomic mass is 10.1. The highest BCUT2D eigenvalue weighted by Gasteiger charge is 2.14. The van der Waals surface area contributed by atoms with Crippen LogP contribution in [0.15, 0.2) is 63.8 Å². The summed E-state index contributed by atoms with van der Waals surface area (Å²) < 4.78 is 26.1. The molecule has 148 valence electrons. The second-order valence-corrected chi connectivity index (χ2v) is 7.01. The average molecular weight is 423 g/mol. The van der Waals surface area contributed by atoms with Gasteiger partial charge in [0.05, 0.1) is 5.02 Å². The van der Waals surface area contributed by atoms with Gasteiger partial charge in [0.25, 0.3) is 0 Å². The molecule has 7 nitrogen and oxygen atoms in total. The highest BCUT2D eigenvalue weighted by atomic mass is 35.5. The zero-order valence-electron chi connectivity index (χ0n) is 15.5. The first-order chi connectivity index (χ1) is 14.5. The van der Waals surface area contributed by atoms with E-state index >= 15 is 0 Å². The Bertz CT molecular complexity index is 1500. The molecule has 3 aromatic heterocycles. The smallest absolute Gasteiger partial charge is 0.336 e. The van der Waals surface area contributed by atoms with Crippen LogP contribution in [-0.4, -0.2) is 19.8 Å². The lowest BCUT2D eigenvalue weighted by Crippen LogP contribution is -2.00. The fraction of sp³-hybridized carbons (Fsp3) is 0.0476. The SMILES string of the molecule is Cc1cc(=O)oc2cc(Oc3ccc4nnc(-c5cccc(F)c5)n4n3)c(Cl)cc12. The molecule has 0 aliphatic carbocycles. The van der Waals surface area contributed by atoms with Gasteiger partial charge in [-0.15, -0.1) is 15.3 Å². The van der Waals surface area contributed by atoms with Crippen molar-refractivity contribution in [3.8, 4) is 23.0 Å². The van der Waals surface area contributed by atoms with E-state index in [2.05, 4.69) is 15.3 Å². The molecule has 0 radical (unpaired) electrons. The third-order valence-electron chi connectivity index (χ3n) is 4.54.